The van der Waals surface area contributed by atoms with Crippen LogP contribution >= 0.6 is 0 Å². The second-order valence-electron chi connectivity index (χ2n) is 4.56. The molecule has 0 aliphatic heterocycles. The Kier molecular flexibility index (Phi) is 3.12. The van der Waals surface area contributed by atoms with Crippen LogP contribution in [0.2, 0.25) is 0 Å². The third-order valence-electron chi connectivity index (χ3n) is 2.39. The Morgan fingerprint density at radius 1 is 1.33 bits per heavy atom. The van der Waals surface area contributed by atoms with Crippen LogP contribution in [-0.2, 0) is 4.79 Å². The highest BCUT2D eigenvalue weighted by molar-refractivity contribution is 5.97. The highest BCUT2D eigenvalue weighted by Crippen LogP contribution is 2.13. The van der Waals surface area contributed by atoms with Gasteiger partial charge in [0.25, 0.3) is 0 Å². The van der Waals surface area contributed by atoms with E-state index in [1.807, 2.05) is 12.1 Å². The van der Waals surface area contributed by atoms with Gasteiger partial charge in [-0.3, -0.25) is 4.79 Å². The van der Waals surface area contributed by atoms with Gasteiger partial charge in [-0.15, -0.1) is 0 Å². The number of anilines is 1. The molecule has 0 atom stereocenters. The number of carbonyl (C=O) groups is 1. The minimum Gasteiger partial charge on any atom is -0.325 e. The lowest BCUT2D eigenvalue weighted by molar-refractivity contribution is -0.120. The van der Waals surface area contributed by atoms with E-state index in [-0.39, 0.29) is 5.91 Å². The molecule has 0 bridgehead atoms. The van der Waals surface area contributed by atoms with Crippen LogP contribution in [0, 0.1) is 0 Å². The van der Waals surface area contributed by atoms with Gasteiger partial charge in [0.15, 0.2) is 0 Å². The van der Waals surface area contributed by atoms with Gasteiger partial charge in [0.05, 0.1) is 11.2 Å². The summed E-state index contributed by atoms with van der Waals surface area (Å²) >= 11 is 0. The average molecular weight is 245 g/mol. The van der Waals surface area contributed by atoms with Gasteiger partial charge in [-0.25, -0.2) is 9.67 Å². The van der Waals surface area contributed by atoms with Gasteiger partial charge in [-0.1, -0.05) is 0 Å². The smallest absolute Gasteiger partial charge is 0.243 e. The van der Waals surface area contributed by atoms with E-state index in [2.05, 4.69) is 15.4 Å². The normalized spacial score (nSPS) is 11.3. The molecular weight excluding hydrogens is 230 g/mol. The average Bonchev–Trinajstić information content (AvgIpc) is 2.82. The summed E-state index contributed by atoms with van der Waals surface area (Å²) in [5.41, 5.74) is 6.37. The van der Waals surface area contributed by atoms with E-state index in [9.17, 15) is 4.79 Å². The lowest BCUT2D eigenvalue weighted by Crippen LogP contribution is -2.45. The number of nitrogens with zero attached hydrogens (tertiary/aromatic N) is 3. The van der Waals surface area contributed by atoms with Crippen LogP contribution in [0.4, 0.5) is 5.69 Å². The first-order chi connectivity index (χ1) is 8.47. The van der Waals surface area contributed by atoms with E-state index >= 15 is 0 Å². The minimum atomic E-state index is -0.898. The maximum atomic E-state index is 11.7. The van der Waals surface area contributed by atoms with Crippen LogP contribution in [0.15, 0.2) is 36.9 Å². The van der Waals surface area contributed by atoms with Crippen LogP contribution in [0.5, 0.6) is 0 Å². The fourth-order valence-electron chi connectivity index (χ4n) is 1.33. The summed E-state index contributed by atoms with van der Waals surface area (Å²) in [6.07, 6.45) is 3.07. The number of hydrogen-bond acceptors (Lipinski definition) is 4. The maximum absolute atomic E-state index is 11.7. The summed E-state index contributed by atoms with van der Waals surface area (Å²) in [4.78, 5) is 15.6. The molecule has 0 fully saturated rings. The lowest BCUT2D eigenvalue weighted by Gasteiger charge is -2.17. The topological polar surface area (TPSA) is 85.8 Å². The third kappa shape index (κ3) is 2.72. The molecule has 3 N–H and O–H groups in total. The van der Waals surface area contributed by atoms with Gasteiger partial charge in [0.2, 0.25) is 5.91 Å². The van der Waals surface area contributed by atoms with Crippen molar-refractivity contribution in [1.29, 1.82) is 0 Å². The van der Waals surface area contributed by atoms with Crippen molar-refractivity contribution in [2.45, 2.75) is 19.4 Å². The monoisotopic (exact) mass is 245 g/mol. The summed E-state index contributed by atoms with van der Waals surface area (Å²) < 4.78 is 1.64. The molecule has 6 nitrogen and oxygen atoms in total. The number of amides is 1. The highest BCUT2D eigenvalue weighted by atomic mass is 16.2. The Balaban J connectivity index is 2.12. The van der Waals surface area contributed by atoms with Crippen LogP contribution in [0.1, 0.15) is 13.8 Å². The van der Waals surface area contributed by atoms with Crippen molar-refractivity contribution in [3.8, 4) is 5.69 Å². The fraction of sp³-hybridized carbons (Fsp3) is 0.250. The van der Waals surface area contributed by atoms with Gasteiger partial charge in [0, 0.05) is 5.69 Å². The molecule has 0 unspecified atom stereocenters. The molecule has 1 heterocycles. The number of aromatic nitrogens is 3. The molecular formula is C12H15N5O. The Labute approximate surface area is 105 Å². The number of rotatable bonds is 3. The van der Waals surface area contributed by atoms with Gasteiger partial charge in [0.1, 0.15) is 12.7 Å². The van der Waals surface area contributed by atoms with Gasteiger partial charge < -0.3 is 11.1 Å². The Hall–Kier alpha value is -2.21. The second kappa shape index (κ2) is 4.58. The van der Waals surface area contributed by atoms with E-state index in [4.69, 9.17) is 5.73 Å². The van der Waals surface area contributed by atoms with Crippen molar-refractivity contribution in [2.75, 3.05) is 5.32 Å². The number of nitrogens with one attached hydrogen (secondary N) is 1. The lowest BCUT2D eigenvalue weighted by atomic mass is 10.1. The second-order valence-corrected chi connectivity index (χ2v) is 4.56. The van der Waals surface area contributed by atoms with Crippen molar-refractivity contribution >= 4 is 11.6 Å². The van der Waals surface area contributed by atoms with Gasteiger partial charge >= 0.3 is 0 Å². The van der Waals surface area contributed by atoms with E-state index < -0.39 is 5.54 Å². The molecule has 0 saturated carbocycles. The molecule has 0 saturated heterocycles. The summed E-state index contributed by atoms with van der Waals surface area (Å²) in [6, 6.07) is 7.27. The molecule has 1 amide bonds. The van der Waals surface area contributed by atoms with E-state index in [0.717, 1.165) is 5.69 Å². The molecule has 2 aromatic rings. The Bertz CT molecular complexity index is 525. The van der Waals surface area contributed by atoms with Gasteiger partial charge in [-0.2, -0.15) is 5.10 Å². The van der Waals surface area contributed by atoms with Crippen molar-refractivity contribution in [3.05, 3.63) is 36.9 Å². The number of carbonyl (C=O) groups excluding carboxylic acids is 1. The Morgan fingerprint density at radius 2 is 2.00 bits per heavy atom. The standard InChI is InChI=1S/C12H15N5O/c1-12(2,13)11(18)16-9-3-5-10(6-4-9)17-8-14-7-15-17/h3-8H,13H2,1-2H3,(H,16,18). The molecule has 0 aliphatic rings. The zero-order valence-electron chi connectivity index (χ0n) is 10.3. The van der Waals surface area contributed by atoms with Crippen molar-refractivity contribution in [3.63, 3.8) is 0 Å². The summed E-state index contributed by atoms with van der Waals surface area (Å²) in [5, 5.41) is 6.76. The van der Waals surface area contributed by atoms with E-state index in [1.165, 1.54) is 6.33 Å². The van der Waals surface area contributed by atoms with Crippen LogP contribution in [-0.4, -0.2) is 26.2 Å². The molecule has 94 valence electrons. The minimum absolute atomic E-state index is 0.226. The quantitative estimate of drug-likeness (QED) is 0.842. The fourth-order valence-corrected chi connectivity index (χ4v) is 1.33. The summed E-state index contributed by atoms with van der Waals surface area (Å²) in [6.45, 7) is 3.32. The molecule has 1 aromatic heterocycles. The third-order valence-corrected chi connectivity index (χ3v) is 2.39. The zero-order valence-corrected chi connectivity index (χ0v) is 10.3. The zero-order chi connectivity index (χ0) is 13.2. The molecule has 2 rings (SSSR count). The largest absolute Gasteiger partial charge is 0.325 e. The summed E-state index contributed by atoms with van der Waals surface area (Å²) in [7, 11) is 0. The molecule has 6 heteroatoms. The van der Waals surface area contributed by atoms with Gasteiger partial charge in [-0.05, 0) is 38.1 Å². The first-order valence-corrected chi connectivity index (χ1v) is 5.52. The maximum Gasteiger partial charge on any atom is 0.243 e. The molecule has 18 heavy (non-hydrogen) atoms. The van der Waals surface area contributed by atoms with Crippen molar-refractivity contribution in [2.24, 2.45) is 5.73 Å². The van der Waals surface area contributed by atoms with Crippen molar-refractivity contribution < 1.29 is 4.79 Å². The molecule has 0 aliphatic carbocycles. The predicted octanol–water partition coefficient (Wildman–Crippen LogP) is 0.943. The highest BCUT2D eigenvalue weighted by Gasteiger charge is 2.21. The first kappa shape index (κ1) is 12.3. The predicted molar refractivity (Wildman–Crippen MR) is 68.3 cm³/mol. The van der Waals surface area contributed by atoms with E-state index in [0.29, 0.717) is 5.69 Å². The van der Waals surface area contributed by atoms with Crippen LogP contribution in [0.3, 0.4) is 0 Å². The molecule has 0 radical (unpaired) electrons. The number of hydrogen-bond donors (Lipinski definition) is 2. The summed E-state index contributed by atoms with van der Waals surface area (Å²) in [5.74, 6) is -0.226. The molecule has 1 aromatic carbocycles. The first-order valence-electron chi connectivity index (χ1n) is 5.52. The van der Waals surface area contributed by atoms with Crippen LogP contribution < -0.4 is 11.1 Å². The Morgan fingerprint density at radius 3 is 2.50 bits per heavy atom. The SMILES string of the molecule is CC(C)(N)C(=O)Nc1ccc(-n2cncn2)cc1. The molecule has 0 spiro atoms. The van der Waals surface area contributed by atoms with Crippen LogP contribution in [0.25, 0.3) is 5.69 Å². The number of benzene rings is 1. The number of nitrogens with two attached hydrogens (primary N) is 1. The van der Waals surface area contributed by atoms with Crippen molar-refractivity contribution in [1.82, 2.24) is 14.8 Å². The van der Waals surface area contributed by atoms with E-state index in [1.54, 1.807) is 37.0 Å².